The van der Waals surface area contributed by atoms with E-state index >= 15 is 0 Å². The minimum Gasteiger partial charge on any atom is -0.317 e. The van der Waals surface area contributed by atoms with Crippen molar-refractivity contribution in [3.8, 4) is 0 Å². The molecule has 8 aromatic carbocycles. The second-order valence-corrected chi connectivity index (χ2v) is 15.8. The van der Waals surface area contributed by atoms with Crippen LogP contribution in [0.25, 0.3) is 0 Å². The zero-order valence-corrected chi connectivity index (χ0v) is 31.8. The lowest BCUT2D eigenvalue weighted by Gasteiger charge is -2.48. The number of benzene rings is 8. The van der Waals surface area contributed by atoms with Crippen LogP contribution in [0.2, 0.25) is 0 Å². The molecule has 0 spiro atoms. The third kappa shape index (κ3) is 4.41. The highest BCUT2D eigenvalue weighted by Crippen LogP contribution is 2.58. The first-order valence-corrected chi connectivity index (χ1v) is 19.8. The number of rotatable bonds is 4. The molecule has 4 heterocycles. The van der Waals surface area contributed by atoms with E-state index in [1.165, 1.54) is 50.5 Å². The Kier molecular flexibility index (Phi) is 6.71. The van der Waals surface area contributed by atoms with E-state index in [1.807, 2.05) is 0 Å². The third-order valence-corrected chi connectivity index (χ3v) is 12.3. The molecule has 0 aliphatic carbocycles. The van der Waals surface area contributed by atoms with Gasteiger partial charge in [0.05, 0.1) is 39.8 Å². The van der Waals surface area contributed by atoms with E-state index in [9.17, 15) is 0 Å². The van der Waals surface area contributed by atoms with Crippen LogP contribution >= 0.6 is 0 Å². The smallest absolute Gasteiger partial charge is 0.252 e. The number of fused-ring (bicyclic) bond motifs is 6. The topological polar surface area (TPSA) is 16.2 Å². The maximum absolute atomic E-state index is 2.64. The van der Waals surface area contributed by atoms with Gasteiger partial charge in [0.2, 0.25) is 0 Å². The van der Waals surface area contributed by atoms with Crippen molar-refractivity contribution in [2.24, 2.45) is 0 Å². The van der Waals surface area contributed by atoms with Crippen molar-refractivity contribution in [3.63, 3.8) is 0 Å². The molecular weight excluding hydrogens is 693 g/mol. The molecule has 0 saturated carbocycles. The van der Waals surface area contributed by atoms with Gasteiger partial charge in [-0.2, -0.15) is 0 Å². The second-order valence-electron chi connectivity index (χ2n) is 15.8. The largest absolute Gasteiger partial charge is 0.317 e. The number of hydrogen-bond acceptors (Lipinski definition) is 5. The standard InChI is InChI=1S/C51H38BN5/c1-51(2)56(37-23-10-5-11-24-37)46-32-18-26-40-50(46)57(51)48-34-38(33-47-49(48)52(40)39-25-12-13-27-41(39)53(47)35-19-6-3-7-20-35)55-44-30-16-14-28-42(44)54(36-21-8-4-9-22-36)43-29-15-17-31-45(43)55/h3-34H,1-2H3. The van der Waals surface area contributed by atoms with E-state index in [0.717, 1.165) is 39.8 Å². The highest BCUT2D eigenvalue weighted by Gasteiger charge is 2.53. The summed E-state index contributed by atoms with van der Waals surface area (Å²) in [5.74, 6) is 0. The van der Waals surface area contributed by atoms with Crippen LogP contribution in [0.15, 0.2) is 194 Å². The molecule has 12 rings (SSSR count). The average Bonchev–Trinajstić information content (AvgIpc) is 3.51. The molecule has 0 atom stereocenters. The fourth-order valence-corrected chi connectivity index (χ4v) is 10.2. The SMILES string of the molecule is CC1(C)N(c2ccccc2)c2cccc3c2N1c1cc(N2c4ccccc4N(c4ccccc4)c4ccccc42)cc2c1B3c1ccccc1N2c1ccccc1. The van der Waals surface area contributed by atoms with Crippen LogP contribution < -0.4 is 40.9 Å². The Morgan fingerprint density at radius 3 is 1.33 bits per heavy atom. The van der Waals surface area contributed by atoms with E-state index in [0.29, 0.717) is 0 Å². The summed E-state index contributed by atoms with van der Waals surface area (Å²) in [5.41, 5.74) is 18.8. The van der Waals surface area contributed by atoms with Crippen molar-refractivity contribution < 1.29 is 0 Å². The summed E-state index contributed by atoms with van der Waals surface area (Å²) in [4.78, 5) is 12.6. The molecular formula is C51H38BN5. The Morgan fingerprint density at radius 1 is 0.333 bits per heavy atom. The fourth-order valence-electron chi connectivity index (χ4n) is 10.2. The molecule has 8 aromatic rings. The molecule has 6 heteroatoms. The van der Waals surface area contributed by atoms with Crippen molar-refractivity contribution in [1.29, 1.82) is 0 Å². The van der Waals surface area contributed by atoms with Crippen molar-refractivity contribution in [3.05, 3.63) is 194 Å². The second kappa shape index (κ2) is 11.9. The Hall–Kier alpha value is -7.18. The molecule has 5 nitrogen and oxygen atoms in total. The van der Waals surface area contributed by atoms with Gasteiger partial charge in [-0.3, -0.25) is 0 Å². The predicted octanol–water partition coefficient (Wildman–Crippen LogP) is 11.6. The molecule has 0 N–H and O–H groups in total. The highest BCUT2D eigenvalue weighted by atomic mass is 15.5. The quantitative estimate of drug-likeness (QED) is 0.167. The van der Waals surface area contributed by atoms with Crippen LogP contribution in [-0.4, -0.2) is 12.4 Å². The molecule has 0 fully saturated rings. The van der Waals surface area contributed by atoms with Crippen molar-refractivity contribution in [1.82, 2.24) is 0 Å². The Labute approximate surface area is 334 Å². The minimum absolute atomic E-state index is 0.0486. The van der Waals surface area contributed by atoms with Gasteiger partial charge >= 0.3 is 0 Å². The predicted molar refractivity (Wildman–Crippen MR) is 240 cm³/mol. The number of para-hydroxylation sites is 9. The molecule has 0 bridgehead atoms. The van der Waals surface area contributed by atoms with E-state index in [1.54, 1.807) is 0 Å². The summed E-state index contributed by atoms with van der Waals surface area (Å²) in [6.07, 6.45) is 0. The summed E-state index contributed by atoms with van der Waals surface area (Å²) >= 11 is 0. The van der Waals surface area contributed by atoms with Crippen molar-refractivity contribution >= 4 is 97.0 Å². The van der Waals surface area contributed by atoms with Gasteiger partial charge in [-0.1, -0.05) is 109 Å². The fraction of sp³-hybridized carbons (Fsp3) is 0.0588. The van der Waals surface area contributed by atoms with Gasteiger partial charge < -0.3 is 24.5 Å². The maximum atomic E-state index is 2.64. The van der Waals surface area contributed by atoms with E-state index in [2.05, 4.69) is 232 Å². The van der Waals surface area contributed by atoms with E-state index in [-0.39, 0.29) is 6.71 Å². The summed E-state index contributed by atoms with van der Waals surface area (Å²) in [6.45, 7) is 4.79. The first-order chi connectivity index (χ1) is 28.1. The zero-order valence-electron chi connectivity index (χ0n) is 31.8. The Morgan fingerprint density at radius 2 is 0.754 bits per heavy atom. The van der Waals surface area contributed by atoms with Crippen LogP contribution in [0.4, 0.5) is 73.9 Å². The molecule has 4 aliphatic heterocycles. The first-order valence-electron chi connectivity index (χ1n) is 19.8. The van der Waals surface area contributed by atoms with Crippen LogP contribution in [0.5, 0.6) is 0 Å². The van der Waals surface area contributed by atoms with Gasteiger partial charge in [0.1, 0.15) is 5.66 Å². The van der Waals surface area contributed by atoms with Crippen LogP contribution in [0, 0.1) is 0 Å². The van der Waals surface area contributed by atoms with E-state index in [4.69, 9.17) is 0 Å². The van der Waals surface area contributed by atoms with Crippen LogP contribution in [-0.2, 0) is 0 Å². The molecule has 0 saturated heterocycles. The lowest BCUT2D eigenvalue weighted by molar-refractivity contribution is 0.541. The van der Waals surface area contributed by atoms with Gasteiger partial charge in [0.15, 0.2) is 0 Å². The average molecular weight is 732 g/mol. The van der Waals surface area contributed by atoms with Gasteiger partial charge in [-0.25, -0.2) is 0 Å². The Balaban J connectivity index is 1.18. The number of anilines is 13. The van der Waals surface area contributed by atoms with Gasteiger partial charge in [-0.15, -0.1) is 0 Å². The van der Waals surface area contributed by atoms with E-state index < -0.39 is 5.66 Å². The molecule has 4 aliphatic rings. The molecule has 270 valence electrons. The summed E-state index contributed by atoms with van der Waals surface area (Å²) in [5, 5.41) is 0. The maximum Gasteiger partial charge on any atom is 0.252 e. The zero-order chi connectivity index (χ0) is 37.8. The third-order valence-electron chi connectivity index (χ3n) is 12.3. The van der Waals surface area contributed by atoms with Crippen molar-refractivity contribution in [2.75, 3.05) is 24.5 Å². The first kappa shape index (κ1) is 32.1. The van der Waals surface area contributed by atoms with Gasteiger partial charge in [0, 0.05) is 34.1 Å². The molecule has 57 heavy (non-hydrogen) atoms. The van der Waals surface area contributed by atoms with Crippen LogP contribution in [0.3, 0.4) is 0 Å². The summed E-state index contributed by atoms with van der Waals surface area (Å²) in [6, 6.07) is 71.1. The molecule has 0 aromatic heterocycles. The molecule has 0 amide bonds. The lowest BCUT2D eigenvalue weighted by Crippen LogP contribution is -2.63. The lowest BCUT2D eigenvalue weighted by atomic mass is 9.33. The minimum atomic E-state index is -0.437. The monoisotopic (exact) mass is 731 g/mol. The molecule has 0 radical (unpaired) electrons. The van der Waals surface area contributed by atoms with Gasteiger partial charge in [0.25, 0.3) is 6.71 Å². The van der Waals surface area contributed by atoms with Crippen molar-refractivity contribution in [2.45, 2.75) is 19.5 Å². The summed E-state index contributed by atoms with van der Waals surface area (Å²) in [7, 11) is 0. The number of nitrogens with zero attached hydrogens (tertiary/aromatic N) is 5. The molecule has 0 unspecified atom stereocenters. The summed E-state index contributed by atoms with van der Waals surface area (Å²) < 4.78 is 0. The number of hydrogen-bond donors (Lipinski definition) is 0. The normalized spacial score (nSPS) is 15.1. The highest BCUT2D eigenvalue weighted by molar-refractivity contribution is 7.00. The van der Waals surface area contributed by atoms with Crippen LogP contribution in [0.1, 0.15) is 13.8 Å². The van der Waals surface area contributed by atoms with Gasteiger partial charge in [-0.05, 0) is 115 Å². The Bertz CT molecular complexity index is 2830.